The maximum Gasteiger partial charge on any atom is 0.328 e. The Morgan fingerprint density at radius 2 is 1.58 bits per heavy atom. The molecule has 3 aromatic carbocycles. The molecule has 1 fully saturated rings. The van der Waals surface area contributed by atoms with Gasteiger partial charge in [-0.15, -0.1) is 0 Å². The first-order valence-corrected chi connectivity index (χ1v) is 29.4. The first-order chi connectivity index (χ1) is 39.8. The zero-order valence-electron chi connectivity index (χ0n) is 50.9. The number of carbonyl (C=O) groups excluding carboxylic acids is 6. The number of nitrogens with one attached hydrogen (secondary N) is 3. The Hall–Kier alpha value is -7.12. The lowest BCUT2D eigenvalue weighted by atomic mass is 9.92. The van der Waals surface area contributed by atoms with Crippen LogP contribution in [-0.4, -0.2) is 143 Å². The lowest BCUT2D eigenvalue weighted by molar-refractivity contribution is -0.150. The fourth-order valence-electron chi connectivity index (χ4n) is 10.7. The molecule has 0 unspecified atom stereocenters. The summed E-state index contributed by atoms with van der Waals surface area (Å²) in [7, 11) is 4.60. The highest BCUT2D eigenvalue weighted by molar-refractivity contribution is 6.32. The van der Waals surface area contributed by atoms with Crippen molar-refractivity contribution in [1.29, 1.82) is 0 Å². The number of likely N-dealkylation sites (N-methyl/N-ethyl adjacent to an activating group) is 1. The minimum absolute atomic E-state index is 0.0959. The van der Waals surface area contributed by atoms with Crippen molar-refractivity contribution in [3.8, 4) is 17.0 Å². The number of aromatic nitrogens is 2. The number of carbonyl (C=O) groups is 6. The molecular weight excluding hydrogens is 1090 g/mol. The van der Waals surface area contributed by atoms with Crippen LogP contribution in [-0.2, 0) is 51.0 Å². The second kappa shape index (κ2) is 30.1. The van der Waals surface area contributed by atoms with E-state index < -0.39 is 71.7 Å². The number of nitrogens with zero attached hydrogens (tertiary/aromatic N) is 4. The number of hydrogen-bond donors (Lipinski definition) is 4. The van der Waals surface area contributed by atoms with Gasteiger partial charge in [0.1, 0.15) is 23.5 Å². The molecule has 0 saturated carbocycles. The van der Waals surface area contributed by atoms with Gasteiger partial charge < -0.3 is 54.8 Å². The molecule has 0 spiro atoms. The van der Waals surface area contributed by atoms with Crippen molar-refractivity contribution >= 4 is 52.8 Å². The normalized spacial score (nSPS) is 16.0. The number of methoxy groups -OCH3 is 2. The van der Waals surface area contributed by atoms with Gasteiger partial charge in [0.25, 0.3) is 5.91 Å². The number of hydrogen-bond acceptors (Lipinski definition) is 12. The number of fused-ring (bicyclic) bond motifs is 1. The van der Waals surface area contributed by atoms with E-state index in [1.165, 1.54) is 19.1 Å². The Kier molecular flexibility index (Phi) is 23.7. The van der Waals surface area contributed by atoms with Gasteiger partial charge in [0.15, 0.2) is 0 Å². The van der Waals surface area contributed by atoms with Crippen LogP contribution in [0.5, 0.6) is 5.75 Å². The van der Waals surface area contributed by atoms with Crippen molar-refractivity contribution in [2.24, 2.45) is 17.6 Å². The maximum atomic E-state index is 14.5. The Labute approximate surface area is 500 Å². The molecule has 2 aromatic heterocycles. The van der Waals surface area contributed by atoms with Crippen LogP contribution in [0, 0.1) is 18.8 Å². The molecular formula is C65H87ClN8O10. The van der Waals surface area contributed by atoms with Crippen molar-refractivity contribution in [2.45, 2.75) is 161 Å². The number of pyridine rings is 1. The smallest absolute Gasteiger partial charge is 0.328 e. The van der Waals surface area contributed by atoms with Crippen LogP contribution in [0.25, 0.3) is 16.9 Å². The molecule has 0 aliphatic carbocycles. The van der Waals surface area contributed by atoms with E-state index >= 15 is 0 Å². The SMILES string of the molecule is C=C(CC)[C@@H]([C@@H](CC(=O)N1CCC[C@H]1[C@H](OC)[C@@H](C)C(=O)N[C@@H](Cc1ccccc1)C(=O)OCC[C@H](Cc1ccc(-c2cn3cccc(C)c3n2)cc1)NC(=O)c1ccc(OC(C)C)c(Cl)c1)OC)N(C)C(=O)[C@@H](NC(=O)C(C)(C)N)C(C)C. The highest BCUT2D eigenvalue weighted by Crippen LogP contribution is 2.31. The molecule has 6 rings (SSSR count). The molecule has 0 radical (unpaired) electrons. The van der Waals surface area contributed by atoms with Gasteiger partial charge in [0, 0.05) is 70.2 Å². The third kappa shape index (κ3) is 17.3. The highest BCUT2D eigenvalue weighted by Gasteiger charge is 2.43. The van der Waals surface area contributed by atoms with Gasteiger partial charge in [-0.25, -0.2) is 9.78 Å². The highest BCUT2D eigenvalue weighted by atomic mass is 35.5. The standard InChI is InChI=1S/C65H87ClN8O10/c1-14-41(6)57(72(11)62(78)56(39(2)3)71-64(80)65(9,10)67)54(81-12)37-55(75)74-32-19-23-52(74)58(82-13)43(8)60(76)70-50(35-44-21-16-15-17-22-44)63(79)83-33-30-48(68-61(77)47-28-29-53(49(66)36-47)84-40(4)5)34-45-24-26-46(27-25-45)51-38-73-31-18-20-42(7)59(73)69-51/h15-18,20-22,24-29,31,36,38-40,43,48,50,52,54,56-58H,6,14,19,23,30,32-35,37,67H2,1-5,7-13H3,(H,68,77)(H,70,76)(H,71,80)/t43-,48-,50+,52+,54-,56+,57+,58-/m1/s1. The van der Waals surface area contributed by atoms with E-state index in [0.717, 1.165) is 33.6 Å². The molecule has 0 bridgehead atoms. The number of likely N-dealkylation sites (tertiary alicyclic amines) is 1. The summed E-state index contributed by atoms with van der Waals surface area (Å²) in [5, 5.41) is 9.22. The second-order valence-electron chi connectivity index (χ2n) is 23.2. The average molecular weight is 1180 g/mol. The fraction of sp³-hybridized carbons (Fsp3) is 0.492. The van der Waals surface area contributed by atoms with Crippen molar-refractivity contribution < 1.29 is 47.7 Å². The van der Waals surface area contributed by atoms with Gasteiger partial charge in [-0.05, 0) is 107 Å². The Bertz CT molecular complexity index is 3070. The first-order valence-electron chi connectivity index (χ1n) is 29.1. The maximum absolute atomic E-state index is 14.5. The number of imidazole rings is 1. The fourth-order valence-corrected chi connectivity index (χ4v) is 10.9. The topological polar surface area (TPSA) is 225 Å². The minimum atomic E-state index is -1.22. The molecule has 18 nitrogen and oxygen atoms in total. The van der Waals surface area contributed by atoms with Gasteiger partial charge in [-0.2, -0.15) is 0 Å². The Morgan fingerprint density at radius 3 is 2.19 bits per heavy atom. The summed E-state index contributed by atoms with van der Waals surface area (Å²) in [4.78, 5) is 92.6. The van der Waals surface area contributed by atoms with Crippen LogP contribution in [0.2, 0.25) is 5.02 Å². The molecule has 3 heterocycles. The lowest BCUT2D eigenvalue weighted by Crippen LogP contribution is -2.60. The summed E-state index contributed by atoms with van der Waals surface area (Å²) in [6.07, 6.45) is 4.50. The van der Waals surface area contributed by atoms with Gasteiger partial charge in [0.05, 0.1) is 65.6 Å². The van der Waals surface area contributed by atoms with E-state index in [1.807, 2.05) is 125 Å². The predicted octanol–water partition coefficient (Wildman–Crippen LogP) is 8.47. The predicted molar refractivity (Wildman–Crippen MR) is 326 cm³/mol. The number of rotatable bonds is 29. The van der Waals surface area contributed by atoms with Crippen molar-refractivity contribution in [1.82, 2.24) is 35.1 Å². The number of aryl methyl sites for hydroxylation is 1. The molecule has 19 heteroatoms. The van der Waals surface area contributed by atoms with Gasteiger partial charge in [-0.1, -0.05) is 112 Å². The number of benzene rings is 3. The molecule has 454 valence electrons. The minimum Gasteiger partial charge on any atom is -0.489 e. The number of ether oxygens (including phenoxy) is 4. The zero-order chi connectivity index (χ0) is 61.6. The van der Waals surface area contributed by atoms with Crippen LogP contribution in [0.3, 0.4) is 0 Å². The Balaban J connectivity index is 1.16. The van der Waals surface area contributed by atoms with Crippen LogP contribution in [0.1, 0.15) is 115 Å². The van der Waals surface area contributed by atoms with Crippen LogP contribution < -0.4 is 26.4 Å². The van der Waals surface area contributed by atoms with Crippen LogP contribution in [0.15, 0.2) is 109 Å². The number of nitrogens with two attached hydrogens (primary N) is 1. The van der Waals surface area contributed by atoms with E-state index in [1.54, 1.807) is 50.9 Å². The van der Waals surface area contributed by atoms with Gasteiger partial charge in [0.2, 0.25) is 23.6 Å². The Morgan fingerprint density at radius 1 is 0.893 bits per heavy atom. The summed E-state index contributed by atoms with van der Waals surface area (Å²) < 4.78 is 25.9. The van der Waals surface area contributed by atoms with E-state index in [0.29, 0.717) is 54.1 Å². The van der Waals surface area contributed by atoms with Gasteiger partial charge >= 0.3 is 5.97 Å². The number of amides is 5. The summed E-state index contributed by atoms with van der Waals surface area (Å²) >= 11 is 6.57. The van der Waals surface area contributed by atoms with Crippen molar-refractivity contribution in [3.63, 3.8) is 0 Å². The van der Waals surface area contributed by atoms with E-state index in [-0.39, 0.29) is 55.6 Å². The molecule has 5 amide bonds. The molecule has 5 N–H and O–H groups in total. The van der Waals surface area contributed by atoms with E-state index in [9.17, 15) is 28.8 Å². The van der Waals surface area contributed by atoms with Crippen molar-refractivity contribution in [3.05, 3.63) is 137 Å². The molecule has 84 heavy (non-hydrogen) atoms. The third-order valence-corrected chi connectivity index (χ3v) is 15.8. The first kappa shape index (κ1) is 66.0. The number of halogens is 1. The zero-order valence-corrected chi connectivity index (χ0v) is 51.7. The third-order valence-electron chi connectivity index (χ3n) is 15.5. The van der Waals surface area contributed by atoms with E-state index in [4.69, 9.17) is 41.3 Å². The van der Waals surface area contributed by atoms with Crippen LogP contribution in [0.4, 0.5) is 0 Å². The summed E-state index contributed by atoms with van der Waals surface area (Å²) in [5.74, 6) is -3.33. The largest absolute Gasteiger partial charge is 0.489 e. The summed E-state index contributed by atoms with van der Waals surface area (Å²) in [6.45, 7) is 20.8. The summed E-state index contributed by atoms with van der Waals surface area (Å²) in [6, 6.07) is 22.3. The molecule has 1 aliphatic heterocycles. The molecule has 1 aliphatic rings. The van der Waals surface area contributed by atoms with Crippen molar-refractivity contribution in [2.75, 3.05) is 34.4 Å². The molecule has 5 aromatic rings. The quantitative estimate of drug-likeness (QED) is 0.0261. The number of esters is 1. The van der Waals surface area contributed by atoms with E-state index in [2.05, 4.69) is 22.5 Å². The van der Waals surface area contributed by atoms with Gasteiger partial charge in [-0.3, -0.25) is 24.0 Å². The molecule has 1 saturated heterocycles. The lowest BCUT2D eigenvalue weighted by Gasteiger charge is -2.39. The monoisotopic (exact) mass is 1170 g/mol. The molecule has 8 atom stereocenters. The average Bonchev–Trinajstić information content (AvgIpc) is 4.35. The second-order valence-corrected chi connectivity index (χ2v) is 23.6. The summed E-state index contributed by atoms with van der Waals surface area (Å²) in [5.41, 5.74) is 11.2. The van der Waals surface area contributed by atoms with Crippen LogP contribution >= 0.6 is 11.6 Å².